The van der Waals surface area contributed by atoms with Crippen LogP contribution in [0.15, 0.2) is 23.1 Å². The van der Waals surface area contributed by atoms with E-state index in [1.807, 2.05) is 0 Å². The fraction of sp³-hybridized carbons (Fsp3) is 0.533. The maximum atomic E-state index is 14.1. The van der Waals surface area contributed by atoms with Gasteiger partial charge in [0.2, 0.25) is 15.9 Å². The molecule has 0 aliphatic carbocycles. The van der Waals surface area contributed by atoms with E-state index in [-0.39, 0.29) is 43.8 Å². The van der Waals surface area contributed by atoms with Crippen molar-refractivity contribution in [2.24, 2.45) is 5.92 Å². The Hall–Kier alpha value is -1.55. The highest BCUT2D eigenvalue weighted by Gasteiger charge is 2.29. The molecule has 7 nitrogen and oxygen atoms in total. The van der Waals surface area contributed by atoms with Crippen molar-refractivity contribution < 1.29 is 22.3 Å². The van der Waals surface area contributed by atoms with Crippen molar-refractivity contribution in [3.8, 4) is 0 Å². The monoisotopic (exact) mass is 359 g/mol. The van der Waals surface area contributed by atoms with E-state index in [0.717, 1.165) is 12.1 Å². The van der Waals surface area contributed by atoms with Crippen LogP contribution in [0.5, 0.6) is 0 Å². The highest BCUT2D eigenvalue weighted by atomic mass is 32.2. The summed E-state index contributed by atoms with van der Waals surface area (Å²) >= 11 is 0. The lowest BCUT2D eigenvalue weighted by Gasteiger charge is -2.26. The first-order valence-electron chi connectivity index (χ1n) is 7.69. The number of benzene rings is 1. The highest BCUT2D eigenvalue weighted by Crippen LogP contribution is 2.24. The maximum Gasteiger partial charge on any atom is 0.246 e. The molecule has 0 spiro atoms. The summed E-state index contributed by atoms with van der Waals surface area (Å²) in [6.45, 7) is 3.12. The van der Waals surface area contributed by atoms with Crippen LogP contribution in [0.3, 0.4) is 0 Å². The first-order valence-corrected chi connectivity index (χ1v) is 9.13. The van der Waals surface area contributed by atoms with Crippen molar-refractivity contribution in [3.63, 3.8) is 0 Å². The molecule has 134 valence electrons. The number of carbonyl (C=O) groups excluding carboxylic acids is 1. The molecule has 0 aromatic heterocycles. The second kappa shape index (κ2) is 8.02. The van der Waals surface area contributed by atoms with Crippen LogP contribution in [0, 0.1) is 11.7 Å². The van der Waals surface area contributed by atoms with E-state index in [1.54, 1.807) is 14.0 Å². The predicted molar refractivity (Wildman–Crippen MR) is 87.7 cm³/mol. The lowest BCUT2D eigenvalue weighted by molar-refractivity contribution is -0.119. The number of nitrogens with one attached hydrogen (secondary N) is 2. The lowest BCUT2D eigenvalue weighted by atomic mass is 10.1. The lowest BCUT2D eigenvalue weighted by Crippen LogP contribution is -2.41. The fourth-order valence-electron chi connectivity index (χ4n) is 2.37. The first-order chi connectivity index (χ1) is 11.4. The molecule has 1 aromatic rings. The zero-order chi connectivity index (χ0) is 17.7. The van der Waals surface area contributed by atoms with E-state index in [1.165, 1.54) is 10.4 Å². The van der Waals surface area contributed by atoms with Crippen molar-refractivity contribution in [1.82, 2.24) is 9.62 Å². The summed E-state index contributed by atoms with van der Waals surface area (Å²) in [5, 5.41) is 5.50. The van der Waals surface area contributed by atoms with E-state index in [9.17, 15) is 17.6 Å². The number of sulfonamides is 1. The van der Waals surface area contributed by atoms with Gasteiger partial charge in [0.1, 0.15) is 10.7 Å². The van der Waals surface area contributed by atoms with E-state index in [2.05, 4.69) is 10.6 Å². The summed E-state index contributed by atoms with van der Waals surface area (Å²) in [4.78, 5) is 11.6. The Labute approximate surface area is 141 Å². The van der Waals surface area contributed by atoms with Gasteiger partial charge in [0.15, 0.2) is 0 Å². The van der Waals surface area contributed by atoms with Crippen LogP contribution in [0.2, 0.25) is 0 Å². The third-order valence-corrected chi connectivity index (χ3v) is 5.66. The molecule has 1 saturated heterocycles. The molecule has 9 heteroatoms. The van der Waals surface area contributed by atoms with E-state index in [4.69, 9.17) is 4.74 Å². The average molecular weight is 359 g/mol. The summed E-state index contributed by atoms with van der Waals surface area (Å²) in [6.07, 6.45) is 0. The molecule has 0 radical (unpaired) electrons. The van der Waals surface area contributed by atoms with Gasteiger partial charge in [-0.05, 0) is 25.2 Å². The number of hydrogen-bond acceptors (Lipinski definition) is 5. The van der Waals surface area contributed by atoms with Gasteiger partial charge < -0.3 is 15.4 Å². The van der Waals surface area contributed by atoms with Gasteiger partial charge >= 0.3 is 0 Å². The quantitative estimate of drug-likeness (QED) is 0.778. The van der Waals surface area contributed by atoms with Crippen molar-refractivity contribution in [3.05, 3.63) is 24.0 Å². The molecule has 1 fully saturated rings. The predicted octanol–water partition coefficient (Wildman–Crippen LogP) is 0.641. The van der Waals surface area contributed by atoms with E-state index >= 15 is 0 Å². The average Bonchev–Trinajstić information content (AvgIpc) is 2.57. The number of morpholine rings is 1. The topological polar surface area (TPSA) is 87.7 Å². The summed E-state index contributed by atoms with van der Waals surface area (Å²) in [5.41, 5.74) is 0.246. The highest BCUT2D eigenvalue weighted by molar-refractivity contribution is 7.89. The van der Waals surface area contributed by atoms with Crippen molar-refractivity contribution in [2.75, 3.05) is 45.2 Å². The molecule has 1 amide bonds. The summed E-state index contributed by atoms with van der Waals surface area (Å²) in [6, 6.07) is 3.55. The largest absolute Gasteiger partial charge is 0.379 e. The minimum absolute atomic E-state index is 0.178. The van der Waals surface area contributed by atoms with Gasteiger partial charge in [0.05, 0.1) is 13.2 Å². The van der Waals surface area contributed by atoms with E-state index < -0.39 is 20.7 Å². The minimum atomic E-state index is -3.97. The summed E-state index contributed by atoms with van der Waals surface area (Å²) in [5.74, 6) is -1.42. The minimum Gasteiger partial charge on any atom is -0.379 e. The number of nitrogens with zero attached hydrogens (tertiary/aromatic N) is 1. The molecule has 1 aliphatic rings. The van der Waals surface area contributed by atoms with E-state index in [0.29, 0.717) is 6.54 Å². The van der Waals surface area contributed by atoms with Crippen molar-refractivity contribution in [2.45, 2.75) is 11.8 Å². The molecule has 1 heterocycles. The SMILES string of the molecule is CNCC(C)C(=O)Nc1ccc(F)c(S(=O)(=O)N2CCOCC2)c1. The van der Waals surface area contributed by atoms with Crippen LogP contribution in [0.4, 0.5) is 10.1 Å². The van der Waals surface area contributed by atoms with Gasteiger partial charge in [-0.1, -0.05) is 6.92 Å². The Bertz CT molecular complexity index is 690. The van der Waals surface area contributed by atoms with Gasteiger partial charge in [0, 0.05) is 31.2 Å². The standard InChI is InChI=1S/C15H22FN3O4S/c1-11(10-17-2)15(20)18-12-3-4-13(16)14(9-12)24(21,22)19-5-7-23-8-6-19/h3-4,9,11,17H,5-8,10H2,1-2H3,(H,18,20). The third kappa shape index (κ3) is 4.29. The number of anilines is 1. The molecule has 0 saturated carbocycles. The van der Waals surface area contributed by atoms with Crippen molar-refractivity contribution >= 4 is 21.6 Å². The second-order valence-electron chi connectivity index (χ2n) is 5.61. The van der Waals surface area contributed by atoms with Gasteiger partial charge in [-0.3, -0.25) is 4.79 Å². The van der Waals surface area contributed by atoms with Crippen LogP contribution in [-0.4, -0.2) is 58.5 Å². The van der Waals surface area contributed by atoms with Crippen LogP contribution in [0.1, 0.15) is 6.92 Å². The number of rotatable bonds is 6. The molecule has 1 unspecified atom stereocenters. The zero-order valence-corrected chi connectivity index (χ0v) is 14.5. The first kappa shape index (κ1) is 18.8. The van der Waals surface area contributed by atoms with Crippen LogP contribution >= 0.6 is 0 Å². The Morgan fingerprint density at radius 1 is 1.38 bits per heavy atom. The summed E-state index contributed by atoms with van der Waals surface area (Å²) < 4.78 is 45.6. The molecular formula is C15H22FN3O4S. The van der Waals surface area contributed by atoms with Crippen LogP contribution in [0.25, 0.3) is 0 Å². The number of hydrogen-bond donors (Lipinski definition) is 2. The number of amides is 1. The molecule has 1 aromatic carbocycles. The van der Waals surface area contributed by atoms with Crippen LogP contribution in [-0.2, 0) is 19.6 Å². The number of carbonyl (C=O) groups is 1. The molecular weight excluding hydrogens is 337 g/mol. The van der Waals surface area contributed by atoms with Gasteiger partial charge in [-0.2, -0.15) is 4.31 Å². The molecule has 1 aliphatic heterocycles. The third-order valence-electron chi connectivity index (χ3n) is 3.74. The smallest absolute Gasteiger partial charge is 0.246 e. The Balaban J connectivity index is 2.23. The molecule has 1 atom stereocenters. The second-order valence-corrected chi connectivity index (χ2v) is 7.52. The van der Waals surface area contributed by atoms with Gasteiger partial charge in [-0.25, -0.2) is 12.8 Å². The molecule has 2 rings (SSSR count). The Kier molecular flexibility index (Phi) is 6.27. The summed E-state index contributed by atoms with van der Waals surface area (Å²) in [7, 11) is -2.24. The van der Waals surface area contributed by atoms with Gasteiger partial charge in [0.25, 0.3) is 0 Å². The number of ether oxygens (including phenoxy) is 1. The van der Waals surface area contributed by atoms with Crippen molar-refractivity contribution in [1.29, 1.82) is 0 Å². The normalized spacial score (nSPS) is 17.5. The maximum absolute atomic E-state index is 14.1. The molecule has 0 bridgehead atoms. The zero-order valence-electron chi connectivity index (χ0n) is 13.7. The molecule has 2 N–H and O–H groups in total. The van der Waals surface area contributed by atoms with Crippen LogP contribution < -0.4 is 10.6 Å². The fourth-order valence-corrected chi connectivity index (χ4v) is 3.87. The Morgan fingerprint density at radius 2 is 2.04 bits per heavy atom. The number of halogens is 1. The molecule has 24 heavy (non-hydrogen) atoms. The Morgan fingerprint density at radius 3 is 2.67 bits per heavy atom. The van der Waals surface area contributed by atoms with Gasteiger partial charge in [-0.15, -0.1) is 0 Å².